The van der Waals surface area contributed by atoms with Gasteiger partial charge in [0.1, 0.15) is 17.3 Å². The lowest BCUT2D eigenvalue weighted by molar-refractivity contribution is 0.104. The van der Waals surface area contributed by atoms with Crippen molar-refractivity contribution in [2.24, 2.45) is 0 Å². The Labute approximate surface area is 172 Å². The lowest BCUT2D eigenvalue weighted by atomic mass is 9.97. The van der Waals surface area contributed by atoms with E-state index in [0.29, 0.717) is 32.7 Å². The maximum Gasteiger partial charge on any atom is 0.186 e. The van der Waals surface area contributed by atoms with Gasteiger partial charge in [-0.05, 0) is 78.4 Å². The van der Waals surface area contributed by atoms with Crippen LogP contribution in [0.15, 0.2) is 78.9 Å². The van der Waals surface area contributed by atoms with Gasteiger partial charge in [-0.3, -0.25) is 4.79 Å². The number of phenols is 1. The number of phenolic OH excluding ortho intramolecular Hbond substituents is 1. The average molecular weight is 409 g/mol. The standard InChI is InChI=1S/C23H14Cl2O3/c24-17-5-1-14(2-6-17)21(27)11-16-12-22(15-3-7-18(25)8-4-15)28-23-13-19(26)9-10-20(16)23/h1-13,26H. The first-order valence-corrected chi connectivity index (χ1v) is 9.26. The number of carbonyl (C=O) groups is 1. The highest BCUT2D eigenvalue weighted by Gasteiger charge is 2.20. The van der Waals surface area contributed by atoms with E-state index in [1.54, 1.807) is 60.7 Å². The molecular weight excluding hydrogens is 395 g/mol. The summed E-state index contributed by atoms with van der Waals surface area (Å²) >= 11 is 11.9. The van der Waals surface area contributed by atoms with Gasteiger partial charge in [-0.2, -0.15) is 0 Å². The molecule has 0 aromatic heterocycles. The maximum atomic E-state index is 12.7. The molecule has 138 valence electrons. The first-order valence-electron chi connectivity index (χ1n) is 8.50. The van der Waals surface area contributed by atoms with Crippen molar-refractivity contribution in [3.05, 3.63) is 106 Å². The van der Waals surface area contributed by atoms with E-state index in [4.69, 9.17) is 27.9 Å². The van der Waals surface area contributed by atoms with E-state index in [2.05, 4.69) is 0 Å². The number of allylic oxidation sites excluding steroid dienone is 3. The van der Waals surface area contributed by atoms with Crippen LogP contribution in [0.5, 0.6) is 11.5 Å². The molecule has 1 aliphatic heterocycles. The van der Waals surface area contributed by atoms with Crippen molar-refractivity contribution in [1.29, 1.82) is 0 Å². The Hall–Kier alpha value is -3.01. The maximum absolute atomic E-state index is 12.7. The van der Waals surface area contributed by atoms with Crippen molar-refractivity contribution in [3.8, 4) is 11.5 Å². The van der Waals surface area contributed by atoms with Crippen molar-refractivity contribution in [2.75, 3.05) is 0 Å². The largest absolute Gasteiger partial charge is 0.508 e. The molecule has 0 saturated heterocycles. The molecule has 4 rings (SSSR count). The number of ketones is 1. The molecule has 28 heavy (non-hydrogen) atoms. The molecule has 3 aromatic carbocycles. The van der Waals surface area contributed by atoms with Gasteiger partial charge >= 0.3 is 0 Å². The topological polar surface area (TPSA) is 46.5 Å². The summed E-state index contributed by atoms with van der Waals surface area (Å²) in [6.45, 7) is 0. The summed E-state index contributed by atoms with van der Waals surface area (Å²) in [5.41, 5.74) is 2.75. The zero-order valence-electron chi connectivity index (χ0n) is 14.5. The predicted molar refractivity (Wildman–Crippen MR) is 112 cm³/mol. The summed E-state index contributed by atoms with van der Waals surface area (Å²) in [5, 5.41) is 11.0. The molecule has 0 aliphatic carbocycles. The van der Waals surface area contributed by atoms with E-state index in [1.165, 1.54) is 6.07 Å². The van der Waals surface area contributed by atoms with Crippen molar-refractivity contribution in [2.45, 2.75) is 0 Å². The van der Waals surface area contributed by atoms with Crippen LogP contribution in [-0.2, 0) is 0 Å². The van der Waals surface area contributed by atoms with Crippen LogP contribution in [0.4, 0.5) is 0 Å². The van der Waals surface area contributed by atoms with Crippen LogP contribution in [0, 0.1) is 0 Å². The minimum atomic E-state index is -0.153. The van der Waals surface area contributed by atoms with Crippen LogP contribution in [0.25, 0.3) is 11.3 Å². The van der Waals surface area contributed by atoms with Crippen LogP contribution in [0.1, 0.15) is 21.5 Å². The van der Waals surface area contributed by atoms with Gasteiger partial charge in [-0.25, -0.2) is 0 Å². The Morgan fingerprint density at radius 3 is 2.21 bits per heavy atom. The average Bonchev–Trinajstić information content (AvgIpc) is 2.68. The third-order valence-corrected chi connectivity index (χ3v) is 4.83. The number of ether oxygens (including phenoxy) is 1. The van der Waals surface area contributed by atoms with E-state index in [1.807, 2.05) is 12.1 Å². The molecule has 3 nitrogen and oxygen atoms in total. The minimum Gasteiger partial charge on any atom is -0.508 e. The van der Waals surface area contributed by atoms with E-state index < -0.39 is 0 Å². The Balaban J connectivity index is 1.79. The number of fused-ring (bicyclic) bond motifs is 1. The van der Waals surface area contributed by atoms with Gasteiger partial charge in [0.25, 0.3) is 0 Å². The number of halogens is 2. The minimum absolute atomic E-state index is 0.0829. The van der Waals surface area contributed by atoms with E-state index in [-0.39, 0.29) is 11.5 Å². The van der Waals surface area contributed by atoms with Crippen LogP contribution in [-0.4, -0.2) is 10.9 Å². The first kappa shape index (κ1) is 18.4. The Kier molecular flexibility index (Phi) is 4.95. The smallest absolute Gasteiger partial charge is 0.186 e. The number of rotatable bonds is 3. The molecule has 1 aliphatic rings. The van der Waals surface area contributed by atoms with Crippen molar-refractivity contribution in [1.82, 2.24) is 0 Å². The van der Waals surface area contributed by atoms with Crippen LogP contribution in [0.2, 0.25) is 10.0 Å². The van der Waals surface area contributed by atoms with Gasteiger partial charge in [0.2, 0.25) is 0 Å². The second-order valence-corrected chi connectivity index (χ2v) is 7.14. The SMILES string of the molecule is O=C(C=C1C=C(c2ccc(Cl)cc2)Oc2cc(O)ccc21)c1ccc(Cl)cc1. The van der Waals surface area contributed by atoms with E-state index >= 15 is 0 Å². The molecule has 5 heteroatoms. The number of carbonyl (C=O) groups excluding carboxylic acids is 1. The quantitative estimate of drug-likeness (QED) is 0.402. The second-order valence-electron chi connectivity index (χ2n) is 6.27. The van der Waals surface area contributed by atoms with Crippen LogP contribution >= 0.6 is 23.2 Å². The highest BCUT2D eigenvalue weighted by molar-refractivity contribution is 6.31. The molecule has 0 unspecified atom stereocenters. The van der Waals surface area contributed by atoms with Crippen molar-refractivity contribution in [3.63, 3.8) is 0 Å². The fourth-order valence-corrected chi connectivity index (χ4v) is 3.17. The molecule has 1 heterocycles. The lowest BCUT2D eigenvalue weighted by Gasteiger charge is -2.20. The molecule has 0 amide bonds. The molecule has 3 aromatic rings. The number of hydrogen-bond donors (Lipinski definition) is 1. The summed E-state index contributed by atoms with van der Waals surface area (Å²) in [7, 11) is 0. The van der Waals surface area contributed by atoms with Crippen LogP contribution in [0.3, 0.4) is 0 Å². The number of hydrogen-bond acceptors (Lipinski definition) is 3. The molecule has 0 radical (unpaired) electrons. The summed E-state index contributed by atoms with van der Waals surface area (Å²) in [6, 6.07) is 18.7. The van der Waals surface area contributed by atoms with Gasteiger partial charge in [0.05, 0.1) is 0 Å². The fourth-order valence-electron chi connectivity index (χ4n) is 2.92. The third-order valence-electron chi connectivity index (χ3n) is 4.33. The van der Waals surface area contributed by atoms with Gasteiger partial charge < -0.3 is 9.84 Å². The molecule has 1 N–H and O–H groups in total. The summed E-state index contributed by atoms with van der Waals surface area (Å²) in [4.78, 5) is 12.7. The predicted octanol–water partition coefficient (Wildman–Crippen LogP) is 6.40. The molecule has 0 saturated carbocycles. The lowest BCUT2D eigenvalue weighted by Crippen LogP contribution is -2.05. The number of benzene rings is 3. The monoisotopic (exact) mass is 408 g/mol. The highest BCUT2D eigenvalue weighted by atomic mass is 35.5. The van der Waals surface area contributed by atoms with Gasteiger partial charge in [-0.15, -0.1) is 0 Å². The van der Waals surface area contributed by atoms with Crippen LogP contribution < -0.4 is 4.74 Å². The van der Waals surface area contributed by atoms with Gasteiger partial charge in [0.15, 0.2) is 5.78 Å². The highest BCUT2D eigenvalue weighted by Crippen LogP contribution is 2.39. The first-order chi connectivity index (χ1) is 13.5. The summed E-state index contributed by atoms with van der Waals surface area (Å²) in [6.07, 6.45) is 3.36. The third kappa shape index (κ3) is 3.81. The Bertz CT molecular complexity index is 1110. The molecule has 0 atom stereocenters. The Morgan fingerprint density at radius 2 is 1.54 bits per heavy atom. The van der Waals surface area contributed by atoms with Gasteiger partial charge in [0, 0.05) is 32.8 Å². The molecule has 0 bridgehead atoms. The molecule has 0 fully saturated rings. The van der Waals surface area contributed by atoms with Gasteiger partial charge in [-0.1, -0.05) is 23.2 Å². The fraction of sp³-hybridized carbons (Fsp3) is 0. The Morgan fingerprint density at radius 1 is 0.893 bits per heavy atom. The zero-order valence-corrected chi connectivity index (χ0v) is 16.0. The van der Waals surface area contributed by atoms with E-state index in [0.717, 1.165) is 11.1 Å². The summed E-state index contributed by atoms with van der Waals surface area (Å²) < 4.78 is 5.96. The second kappa shape index (κ2) is 7.55. The molecule has 0 spiro atoms. The van der Waals surface area contributed by atoms with Crippen molar-refractivity contribution < 1.29 is 14.6 Å². The molecular formula is C23H14Cl2O3. The number of aromatic hydroxyl groups is 1. The van der Waals surface area contributed by atoms with E-state index in [9.17, 15) is 9.90 Å². The normalized spacial score (nSPS) is 14.2. The van der Waals surface area contributed by atoms with Crippen molar-refractivity contribution >= 4 is 40.3 Å². The zero-order chi connectivity index (χ0) is 19.7. The summed E-state index contributed by atoms with van der Waals surface area (Å²) in [5.74, 6) is 0.964.